The monoisotopic (exact) mass is 526 g/mol. The summed E-state index contributed by atoms with van der Waals surface area (Å²) in [5.74, 6) is -54.1. The van der Waals surface area contributed by atoms with Crippen molar-refractivity contribution >= 4 is 0 Å². The highest BCUT2D eigenvalue weighted by Crippen LogP contribution is 2.67. The fraction of sp³-hybridized carbons (Fsp3) is 0.429. The van der Waals surface area contributed by atoms with E-state index in [1.165, 1.54) is 0 Å². The number of halogens is 18. The van der Waals surface area contributed by atoms with Gasteiger partial charge in [0.25, 0.3) is 0 Å². The molecule has 2 aliphatic rings. The highest BCUT2D eigenvalue weighted by Gasteiger charge is 2.83. The van der Waals surface area contributed by atoms with Crippen molar-refractivity contribution in [3.05, 3.63) is 46.5 Å². The van der Waals surface area contributed by atoms with Crippen LogP contribution in [0, 0.1) is 0 Å². The summed E-state index contributed by atoms with van der Waals surface area (Å²) in [4.78, 5) is 0. The molecule has 2 aliphatic carbocycles. The van der Waals surface area contributed by atoms with Crippen LogP contribution in [0.4, 0.5) is 79.0 Å². The molecule has 0 radical (unpaired) electrons. The second kappa shape index (κ2) is 7.00. The molecule has 2 rings (SSSR count). The van der Waals surface area contributed by atoms with Crippen LogP contribution in [-0.2, 0) is 4.74 Å². The van der Waals surface area contributed by atoms with Gasteiger partial charge < -0.3 is 4.74 Å². The summed E-state index contributed by atoms with van der Waals surface area (Å²) in [5.41, 5.74) is -7.75. The van der Waals surface area contributed by atoms with Gasteiger partial charge >= 0.3 is 47.7 Å². The molecule has 0 saturated carbocycles. The zero-order valence-electron chi connectivity index (χ0n) is 14.2. The molecular weight excluding hydrogens is 526 g/mol. The van der Waals surface area contributed by atoms with E-state index in [-0.39, 0.29) is 0 Å². The SMILES string of the molecule is FC(F)=C(F)C(F)(F)C1=C(OC2=C(C(F)(F)C(F)=C(F)F)C(F)(F)C2(F)F)C(F)(F)C1(F)F. The maximum atomic E-state index is 13.6. The van der Waals surface area contributed by atoms with E-state index in [0.717, 1.165) is 0 Å². The Morgan fingerprint density at radius 3 is 0.939 bits per heavy atom. The summed E-state index contributed by atoms with van der Waals surface area (Å²) in [6.45, 7) is 0. The zero-order valence-corrected chi connectivity index (χ0v) is 14.2. The Hall–Kier alpha value is -2.50. The van der Waals surface area contributed by atoms with Gasteiger partial charge in [-0.25, -0.2) is 0 Å². The smallest absolute Gasteiger partial charge is 0.371 e. The molecule has 0 N–H and O–H groups in total. The van der Waals surface area contributed by atoms with E-state index in [1.54, 1.807) is 0 Å². The van der Waals surface area contributed by atoms with Gasteiger partial charge in [0.2, 0.25) is 11.7 Å². The van der Waals surface area contributed by atoms with Crippen LogP contribution in [0.3, 0.4) is 0 Å². The molecule has 0 bridgehead atoms. The molecule has 0 spiro atoms. The van der Waals surface area contributed by atoms with Crippen molar-refractivity contribution in [2.24, 2.45) is 0 Å². The second-order valence-electron chi connectivity index (χ2n) is 6.11. The fourth-order valence-electron chi connectivity index (χ4n) is 2.54. The third-order valence-electron chi connectivity index (χ3n) is 4.16. The Labute approximate surface area is 167 Å². The largest absolute Gasteiger partial charge is 0.452 e. The number of ether oxygens (including phenoxy) is 1. The quantitative estimate of drug-likeness (QED) is 0.326. The van der Waals surface area contributed by atoms with E-state index in [0.29, 0.717) is 0 Å². The first-order valence-electron chi connectivity index (χ1n) is 7.31. The first-order chi connectivity index (χ1) is 14.4. The Morgan fingerprint density at radius 2 is 0.727 bits per heavy atom. The molecule has 0 aromatic rings. The van der Waals surface area contributed by atoms with Crippen LogP contribution in [0.1, 0.15) is 0 Å². The zero-order chi connectivity index (χ0) is 26.3. The average Bonchev–Trinajstić information content (AvgIpc) is 2.63. The van der Waals surface area contributed by atoms with Crippen LogP contribution < -0.4 is 0 Å². The minimum atomic E-state index is -6.50. The van der Waals surface area contributed by atoms with Gasteiger partial charge in [-0.2, -0.15) is 79.0 Å². The molecule has 0 unspecified atom stereocenters. The summed E-state index contributed by atoms with van der Waals surface area (Å²) in [5, 5.41) is 0. The van der Waals surface area contributed by atoms with Crippen molar-refractivity contribution in [1.29, 1.82) is 0 Å². The lowest BCUT2D eigenvalue weighted by atomic mass is 9.79. The third kappa shape index (κ3) is 3.20. The van der Waals surface area contributed by atoms with E-state index in [2.05, 4.69) is 4.74 Å². The Morgan fingerprint density at radius 1 is 0.485 bits per heavy atom. The summed E-state index contributed by atoms with van der Waals surface area (Å²) in [7, 11) is 0. The van der Waals surface area contributed by atoms with Gasteiger partial charge in [0.1, 0.15) is 11.1 Å². The van der Waals surface area contributed by atoms with Crippen molar-refractivity contribution < 1.29 is 83.8 Å². The van der Waals surface area contributed by atoms with Gasteiger partial charge in [0.05, 0.1) is 0 Å². The Bertz CT molecular complexity index is 921. The van der Waals surface area contributed by atoms with Crippen molar-refractivity contribution in [3.8, 4) is 0 Å². The fourth-order valence-corrected chi connectivity index (χ4v) is 2.54. The van der Waals surface area contributed by atoms with Gasteiger partial charge in [-0.3, -0.25) is 0 Å². The van der Waals surface area contributed by atoms with Gasteiger partial charge in [-0.15, -0.1) is 0 Å². The predicted octanol–water partition coefficient (Wildman–Crippen LogP) is 7.51. The minimum Gasteiger partial charge on any atom is -0.452 e. The lowest BCUT2D eigenvalue weighted by Gasteiger charge is -2.46. The van der Waals surface area contributed by atoms with Gasteiger partial charge in [0.15, 0.2) is 11.5 Å². The van der Waals surface area contributed by atoms with Crippen LogP contribution in [0.25, 0.3) is 0 Å². The minimum absolute atomic E-state index is 2.95. The van der Waals surface area contributed by atoms with Crippen LogP contribution in [0.2, 0.25) is 0 Å². The van der Waals surface area contributed by atoms with Gasteiger partial charge in [0, 0.05) is 0 Å². The average molecular weight is 526 g/mol. The summed E-state index contributed by atoms with van der Waals surface area (Å²) < 4.78 is 238. The number of alkyl halides is 12. The molecule has 0 aromatic carbocycles. The van der Waals surface area contributed by atoms with Crippen molar-refractivity contribution in [2.45, 2.75) is 35.5 Å². The number of hydrogen-bond donors (Lipinski definition) is 0. The first kappa shape index (κ1) is 26.7. The molecule has 0 atom stereocenters. The first-order valence-corrected chi connectivity index (χ1v) is 7.31. The van der Waals surface area contributed by atoms with Crippen molar-refractivity contribution in [2.75, 3.05) is 0 Å². The Balaban J connectivity index is 2.85. The molecule has 33 heavy (non-hydrogen) atoms. The van der Waals surface area contributed by atoms with E-state index >= 15 is 0 Å². The van der Waals surface area contributed by atoms with Crippen molar-refractivity contribution in [3.63, 3.8) is 0 Å². The van der Waals surface area contributed by atoms with Crippen LogP contribution in [0.15, 0.2) is 46.5 Å². The number of allylic oxidation sites excluding steroid dienone is 6. The summed E-state index contributed by atoms with van der Waals surface area (Å²) in [6.07, 6.45) is -8.23. The number of rotatable bonds is 6. The van der Waals surface area contributed by atoms with Gasteiger partial charge in [-0.1, -0.05) is 0 Å². The van der Waals surface area contributed by atoms with Crippen LogP contribution in [-0.4, -0.2) is 35.5 Å². The Kier molecular flexibility index (Phi) is 5.68. The van der Waals surface area contributed by atoms with E-state index in [4.69, 9.17) is 0 Å². The van der Waals surface area contributed by atoms with Crippen molar-refractivity contribution in [1.82, 2.24) is 0 Å². The number of hydrogen-bond acceptors (Lipinski definition) is 1. The molecule has 0 aromatic heterocycles. The van der Waals surface area contributed by atoms with Gasteiger partial charge in [-0.05, 0) is 0 Å². The molecule has 0 heterocycles. The molecule has 188 valence electrons. The molecular formula is C14F18O. The normalized spacial score (nSPS) is 23.0. The topological polar surface area (TPSA) is 9.23 Å². The standard InChI is InChI=1S/C14F18O/c15-3(7(17)18)9(21,22)1-5(13(29,30)11(1,25)26)33-6-2(12(27,28)14(6,31)32)10(23,24)4(16)8(19)20. The maximum absolute atomic E-state index is 13.6. The molecule has 0 saturated heterocycles. The third-order valence-corrected chi connectivity index (χ3v) is 4.16. The summed E-state index contributed by atoms with van der Waals surface area (Å²) >= 11 is 0. The lowest BCUT2D eigenvalue weighted by Crippen LogP contribution is -2.63. The molecule has 19 heteroatoms. The molecule has 0 fully saturated rings. The van der Waals surface area contributed by atoms with E-state index in [1.807, 2.05) is 0 Å². The highest BCUT2D eigenvalue weighted by molar-refractivity contribution is 5.53. The summed E-state index contributed by atoms with van der Waals surface area (Å²) in [6, 6.07) is 0. The van der Waals surface area contributed by atoms with Crippen LogP contribution >= 0.6 is 0 Å². The predicted molar refractivity (Wildman–Crippen MR) is 65.5 cm³/mol. The molecule has 1 nitrogen and oxygen atoms in total. The van der Waals surface area contributed by atoms with E-state index in [9.17, 15) is 79.0 Å². The van der Waals surface area contributed by atoms with E-state index < -0.39 is 82.0 Å². The second-order valence-corrected chi connectivity index (χ2v) is 6.11. The van der Waals surface area contributed by atoms with Crippen LogP contribution in [0.5, 0.6) is 0 Å². The highest BCUT2D eigenvalue weighted by atomic mass is 19.3. The molecule has 0 aliphatic heterocycles. The maximum Gasteiger partial charge on any atom is 0.371 e. The molecule has 0 amide bonds. The lowest BCUT2D eigenvalue weighted by molar-refractivity contribution is -0.261.